The van der Waals surface area contributed by atoms with Gasteiger partial charge in [-0.15, -0.1) is 0 Å². The van der Waals surface area contributed by atoms with E-state index in [4.69, 9.17) is 28.0 Å². The van der Waals surface area contributed by atoms with E-state index in [9.17, 15) is 4.79 Å². The quantitative estimate of drug-likeness (QED) is 0.514. The normalized spacial score (nSPS) is 10.7. The molecule has 2 aromatic carbocycles. The number of carbonyl (C=O) groups excluding carboxylic acids is 1. The van der Waals surface area contributed by atoms with Gasteiger partial charge in [0.1, 0.15) is 6.61 Å². The van der Waals surface area contributed by atoms with Crippen molar-refractivity contribution in [3.05, 3.63) is 62.5 Å². The van der Waals surface area contributed by atoms with Crippen molar-refractivity contribution in [3.8, 4) is 0 Å². The van der Waals surface area contributed by atoms with E-state index >= 15 is 0 Å². The highest BCUT2D eigenvalue weighted by Crippen LogP contribution is 2.22. The topological polar surface area (TPSA) is 50.7 Å². The van der Waals surface area contributed by atoms with E-state index in [1.807, 2.05) is 12.1 Å². The third-order valence-corrected chi connectivity index (χ3v) is 4.04. The van der Waals surface area contributed by atoms with Crippen LogP contribution in [0.3, 0.4) is 0 Å². The molecule has 23 heavy (non-hydrogen) atoms. The van der Waals surface area contributed by atoms with Crippen LogP contribution >= 0.6 is 39.1 Å². The number of halogens is 3. The summed E-state index contributed by atoms with van der Waals surface area (Å²) in [5, 5.41) is 7.45. The maximum atomic E-state index is 11.7. The molecule has 0 aliphatic rings. The maximum Gasteiger partial charge on any atom is 0.229 e. The first-order valence-corrected chi connectivity index (χ1v) is 8.22. The number of anilines is 1. The van der Waals surface area contributed by atoms with Crippen molar-refractivity contribution in [2.45, 2.75) is 13.0 Å². The molecule has 0 spiro atoms. The van der Waals surface area contributed by atoms with Gasteiger partial charge in [-0.2, -0.15) is 0 Å². The van der Waals surface area contributed by atoms with Gasteiger partial charge in [0.15, 0.2) is 0 Å². The van der Waals surface area contributed by atoms with Crippen molar-refractivity contribution in [1.82, 2.24) is 0 Å². The molecular weight excluding hydrogens is 403 g/mol. The molecule has 1 amide bonds. The van der Waals surface area contributed by atoms with Crippen molar-refractivity contribution < 1.29 is 9.63 Å². The molecule has 2 rings (SSSR count). The highest BCUT2D eigenvalue weighted by atomic mass is 79.9. The van der Waals surface area contributed by atoms with Crippen LogP contribution in [0.15, 0.2) is 52.1 Å². The number of benzene rings is 2. The van der Waals surface area contributed by atoms with Gasteiger partial charge in [0.25, 0.3) is 0 Å². The lowest BCUT2D eigenvalue weighted by atomic mass is 10.2. The molecule has 120 valence electrons. The molecule has 0 saturated heterocycles. The van der Waals surface area contributed by atoms with Gasteiger partial charge >= 0.3 is 0 Å². The van der Waals surface area contributed by atoms with Gasteiger partial charge in [-0.3, -0.25) is 4.79 Å². The Labute approximate surface area is 152 Å². The zero-order chi connectivity index (χ0) is 16.7. The van der Waals surface area contributed by atoms with Crippen LogP contribution < -0.4 is 5.32 Å². The Bertz CT molecular complexity index is 706. The molecule has 0 unspecified atom stereocenters. The molecule has 0 aliphatic carbocycles. The van der Waals surface area contributed by atoms with E-state index in [0.29, 0.717) is 10.0 Å². The Hall–Kier alpha value is -1.56. The number of nitrogens with zero attached hydrogens (tertiary/aromatic N) is 1. The Kier molecular flexibility index (Phi) is 6.89. The minimum Gasteiger partial charge on any atom is -0.391 e. The van der Waals surface area contributed by atoms with Gasteiger partial charge in [-0.1, -0.05) is 50.4 Å². The summed E-state index contributed by atoms with van der Waals surface area (Å²) in [6, 6.07) is 12.5. The molecule has 0 bridgehead atoms. The second kappa shape index (κ2) is 8.91. The van der Waals surface area contributed by atoms with Crippen molar-refractivity contribution >= 4 is 56.9 Å². The molecule has 0 radical (unpaired) electrons. The fourth-order valence-electron chi connectivity index (χ4n) is 1.66. The summed E-state index contributed by atoms with van der Waals surface area (Å²) in [6.07, 6.45) is 1.53. The first kappa shape index (κ1) is 17.8. The third-order valence-electron chi connectivity index (χ3n) is 2.77. The molecule has 0 heterocycles. The molecule has 0 aromatic heterocycles. The van der Waals surface area contributed by atoms with Crippen LogP contribution in [0.4, 0.5) is 5.69 Å². The summed E-state index contributed by atoms with van der Waals surface area (Å²) < 4.78 is 0.952. The van der Waals surface area contributed by atoms with Crippen LogP contribution in [0.25, 0.3) is 0 Å². The molecule has 7 heteroatoms. The molecule has 0 aliphatic heterocycles. The minimum absolute atomic E-state index is 0.122. The predicted molar refractivity (Wildman–Crippen MR) is 97.1 cm³/mol. The molecule has 0 fully saturated rings. The van der Waals surface area contributed by atoms with Gasteiger partial charge in [0.2, 0.25) is 5.91 Å². The SMILES string of the molecule is O=C(C/C=N/OCc1ccc(Cl)c(Cl)c1)Nc1ccc(Br)cc1. The van der Waals surface area contributed by atoms with Crippen LogP contribution in [-0.4, -0.2) is 12.1 Å². The summed E-state index contributed by atoms with van der Waals surface area (Å²) in [6.45, 7) is 0.252. The van der Waals surface area contributed by atoms with Crippen molar-refractivity contribution in [2.24, 2.45) is 5.16 Å². The van der Waals surface area contributed by atoms with E-state index in [1.54, 1.807) is 30.3 Å². The van der Waals surface area contributed by atoms with E-state index in [-0.39, 0.29) is 18.9 Å². The van der Waals surface area contributed by atoms with Crippen LogP contribution in [0.5, 0.6) is 0 Å². The van der Waals surface area contributed by atoms with Gasteiger partial charge in [0, 0.05) is 10.2 Å². The average molecular weight is 416 g/mol. The number of nitrogens with one attached hydrogen (secondary N) is 1. The Balaban J connectivity index is 1.72. The average Bonchev–Trinajstić information content (AvgIpc) is 2.53. The van der Waals surface area contributed by atoms with E-state index < -0.39 is 0 Å². The number of hydrogen-bond acceptors (Lipinski definition) is 3. The zero-order valence-corrected chi connectivity index (χ0v) is 15.0. The lowest BCUT2D eigenvalue weighted by Gasteiger charge is -2.03. The summed E-state index contributed by atoms with van der Waals surface area (Å²) in [5.74, 6) is -0.172. The Morgan fingerprint density at radius 1 is 1.17 bits per heavy atom. The van der Waals surface area contributed by atoms with E-state index in [2.05, 4.69) is 26.4 Å². The van der Waals surface area contributed by atoms with Crippen molar-refractivity contribution in [1.29, 1.82) is 0 Å². The smallest absolute Gasteiger partial charge is 0.229 e. The first-order valence-electron chi connectivity index (χ1n) is 6.68. The summed E-state index contributed by atoms with van der Waals surface area (Å²) in [5.41, 5.74) is 1.57. The maximum absolute atomic E-state index is 11.7. The number of amides is 1. The van der Waals surface area contributed by atoms with Gasteiger partial charge < -0.3 is 10.2 Å². The Morgan fingerprint density at radius 2 is 1.91 bits per heavy atom. The summed E-state index contributed by atoms with van der Waals surface area (Å²) in [7, 11) is 0. The predicted octanol–water partition coefficient (Wildman–Crippen LogP) is 5.29. The van der Waals surface area contributed by atoms with Gasteiger partial charge in [-0.05, 0) is 42.0 Å². The molecule has 4 nitrogen and oxygen atoms in total. The summed E-state index contributed by atoms with van der Waals surface area (Å²) in [4.78, 5) is 16.8. The standard InChI is InChI=1S/C16H13BrCl2N2O2/c17-12-2-4-13(5-3-12)21-16(22)7-8-20-23-10-11-1-6-14(18)15(19)9-11/h1-6,8-9H,7,10H2,(H,21,22)/b20-8+. The molecule has 2 aromatic rings. The second-order valence-corrected chi connectivity index (χ2v) is 6.30. The van der Waals surface area contributed by atoms with Crippen LogP contribution in [-0.2, 0) is 16.2 Å². The van der Waals surface area contributed by atoms with Crippen molar-refractivity contribution in [2.75, 3.05) is 5.32 Å². The first-order chi connectivity index (χ1) is 11.0. The fraction of sp³-hybridized carbons (Fsp3) is 0.125. The molecule has 1 N–H and O–H groups in total. The molecular formula is C16H13BrCl2N2O2. The Morgan fingerprint density at radius 3 is 2.61 bits per heavy atom. The third kappa shape index (κ3) is 6.22. The van der Waals surface area contributed by atoms with Gasteiger partial charge in [-0.25, -0.2) is 0 Å². The van der Waals surface area contributed by atoms with E-state index in [0.717, 1.165) is 15.7 Å². The largest absolute Gasteiger partial charge is 0.391 e. The van der Waals surface area contributed by atoms with Crippen LogP contribution in [0.2, 0.25) is 10.0 Å². The fourth-order valence-corrected chi connectivity index (χ4v) is 2.24. The van der Waals surface area contributed by atoms with E-state index in [1.165, 1.54) is 6.21 Å². The molecule has 0 saturated carbocycles. The van der Waals surface area contributed by atoms with Crippen LogP contribution in [0, 0.1) is 0 Å². The lowest BCUT2D eigenvalue weighted by molar-refractivity contribution is -0.115. The monoisotopic (exact) mass is 414 g/mol. The van der Waals surface area contributed by atoms with Crippen LogP contribution in [0.1, 0.15) is 12.0 Å². The molecule has 0 atom stereocenters. The second-order valence-electron chi connectivity index (χ2n) is 4.57. The zero-order valence-electron chi connectivity index (χ0n) is 11.9. The summed E-state index contributed by atoms with van der Waals surface area (Å²) >= 11 is 15.1. The highest BCUT2D eigenvalue weighted by molar-refractivity contribution is 9.10. The number of oxime groups is 1. The number of carbonyl (C=O) groups is 1. The highest BCUT2D eigenvalue weighted by Gasteiger charge is 2.01. The lowest BCUT2D eigenvalue weighted by Crippen LogP contribution is -2.11. The number of rotatable bonds is 6. The van der Waals surface area contributed by atoms with Gasteiger partial charge in [0.05, 0.1) is 22.7 Å². The number of hydrogen-bond donors (Lipinski definition) is 1. The van der Waals surface area contributed by atoms with Crippen molar-refractivity contribution in [3.63, 3.8) is 0 Å². The minimum atomic E-state index is -0.172.